The highest BCUT2D eigenvalue weighted by molar-refractivity contribution is 9.10. The summed E-state index contributed by atoms with van der Waals surface area (Å²) in [5, 5.41) is 0.820. The van der Waals surface area contributed by atoms with Gasteiger partial charge in [-0.3, -0.25) is 4.79 Å². The van der Waals surface area contributed by atoms with E-state index in [-0.39, 0.29) is 5.91 Å². The Morgan fingerprint density at radius 3 is 2.62 bits per heavy atom. The first-order valence-electron chi connectivity index (χ1n) is 9.45. The minimum atomic E-state index is -0.175. The van der Waals surface area contributed by atoms with Gasteiger partial charge in [0.05, 0.1) is 12.0 Å². The number of likely N-dealkylation sites (tertiary alicyclic amines) is 1. The van der Waals surface area contributed by atoms with Crippen LogP contribution in [-0.4, -0.2) is 36.2 Å². The predicted molar refractivity (Wildman–Crippen MR) is 120 cm³/mol. The van der Waals surface area contributed by atoms with E-state index in [9.17, 15) is 4.79 Å². The minimum Gasteiger partial charge on any atom is -0.493 e. The maximum atomic E-state index is 12.3. The molecule has 0 spiro atoms. The van der Waals surface area contributed by atoms with Crippen LogP contribution in [0.3, 0.4) is 0 Å². The highest BCUT2D eigenvalue weighted by Gasteiger charge is 2.27. The largest absolute Gasteiger partial charge is 0.493 e. The fraction of sp³-hybridized carbons (Fsp3) is 0.273. The molecule has 0 saturated carbocycles. The minimum absolute atomic E-state index is 0.175. The van der Waals surface area contributed by atoms with Crippen molar-refractivity contribution in [3.63, 3.8) is 0 Å². The van der Waals surface area contributed by atoms with Crippen LogP contribution in [0.25, 0.3) is 6.08 Å². The number of benzene rings is 2. The lowest BCUT2D eigenvalue weighted by atomic mass is 10.2. The molecular weight excluding hydrogens is 452 g/mol. The van der Waals surface area contributed by atoms with Crippen molar-refractivity contribution in [2.24, 2.45) is 4.99 Å². The lowest BCUT2D eigenvalue weighted by Crippen LogP contribution is -2.23. The Morgan fingerprint density at radius 2 is 1.90 bits per heavy atom. The van der Waals surface area contributed by atoms with Gasteiger partial charge in [0.1, 0.15) is 6.61 Å². The monoisotopic (exact) mass is 472 g/mol. The predicted octanol–water partition coefficient (Wildman–Crippen LogP) is 5.10. The maximum absolute atomic E-state index is 12.3. The SMILES string of the molecule is COc1cc(/C=C2\SC(N3CCCC3)=NC2=O)ccc1OCc1ccc(Br)cc1. The lowest BCUT2D eigenvalue weighted by Gasteiger charge is -2.14. The number of hydrogen-bond donors (Lipinski definition) is 0. The first-order chi connectivity index (χ1) is 14.1. The molecule has 5 nitrogen and oxygen atoms in total. The summed E-state index contributed by atoms with van der Waals surface area (Å²) in [7, 11) is 1.61. The number of ether oxygens (including phenoxy) is 2. The van der Waals surface area contributed by atoms with Crippen LogP contribution in [0.15, 0.2) is 56.8 Å². The van der Waals surface area contributed by atoms with E-state index in [0.29, 0.717) is 23.0 Å². The molecular formula is C22H21BrN2O3S. The average Bonchev–Trinajstić information content (AvgIpc) is 3.38. The molecule has 2 aliphatic heterocycles. The van der Waals surface area contributed by atoms with Gasteiger partial charge >= 0.3 is 0 Å². The third-order valence-corrected chi connectivity index (χ3v) is 6.35. The second-order valence-corrected chi connectivity index (χ2v) is 8.75. The van der Waals surface area contributed by atoms with Crippen LogP contribution in [0.4, 0.5) is 0 Å². The normalized spacial score (nSPS) is 17.7. The van der Waals surface area contributed by atoms with Crippen LogP contribution >= 0.6 is 27.7 Å². The highest BCUT2D eigenvalue weighted by atomic mass is 79.9. The maximum Gasteiger partial charge on any atom is 0.286 e. The fourth-order valence-corrected chi connectivity index (χ4v) is 4.46. The summed E-state index contributed by atoms with van der Waals surface area (Å²) in [6, 6.07) is 13.7. The number of methoxy groups -OCH3 is 1. The number of halogens is 1. The molecule has 2 aromatic rings. The zero-order valence-electron chi connectivity index (χ0n) is 16.1. The molecule has 1 saturated heterocycles. The van der Waals surface area contributed by atoms with Crippen molar-refractivity contribution in [3.05, 3.63) is 63.0 Å². The molecule has 0 unspecified atom stereocenters. The van der Waals surface area contributed by atoms with Crippen molar-refractivity contribution < 1.29 is 14.3 Å². The topological polar surface area (TPSA) is 51.1 Å². The molecule has 0 atom stereocenters. The first kappa shape index (κ1) is 20.0. The number of amides is 1. The van der Waals surface area contributed by atoms with E-state index >= 15 is 0 Å². The smallest absolute Gasteiger partial charge is 0.286 e. The van der Waals surface area contributed by atoms with Crippen molar-refractivity contribution in [1.29, 1.82) is 0 Å². The van der Waals surface area contributed by atoms with E-state index in [1.807, 2.05) is 48.5 Å². The van der Waals surface area contributed by atoms with Gasteiger partial charge in [-0.15, -0.1) is 0 Å². The van der Waals surface area contributed by atoms with E-state index in [0.717, 1.165) is 46.7 Å². The molecule has 2 aliphatic rings. The standard InChI is InChI=1S/C22H21BrN2O3S/c1-27-19-12-16(6-9-18(19)28-14-15-4-7-17(23)8-5-15)13-20-21(26)24-22(29-20)25-10-2-3-11-25/h4-9,12-13H,2-3,10-11,14H2,1H3/b20-13-. The molecule has 2 aromatic carbocycles. The number of amidine groups is 1. The Morgan fingerprint density at radius 1 is 1.14 bits per heavy atom. The molecule has 150 valence electrons. The number of thioether (sulfide) groups is 1. The summed E-state index contributed by atoms with van der Waals surface area (Å²) in [4.78, 5) is 19.3. The summed E-state index contributed by atoms with van der Waals surface area (Å²) in [5.41, 5.74) is 1.95. The van der Waals surface area contributed by atoms with Gasteiger partial charge in [0, 0.05) is 17.6 Å². The van der Waals surface area contributed by atoms with Gasteiger partial charge in [-0.1, -0.05) is 34.1 Å². The van der Waals surface area contributed by atoms with E-state index < -0.39 is 0 Å². The number of carbonyl (C=O) groups excluding carboxylic acids is 1. The van der Waals surface area contributed by atoms with Gasteiger partial charge in [0.15, 0.2) is 16.7 Å². The number of aliphatic imine (C=N–C) groups is 1. The van der Waals surface area contributed by atoms with Gasteiger partial charge in [-0.05, 0) is 66.1 Å². The summed E-state index contributed by atoms with van der Waals surface area (Å²) >= 11 is 4.88. The summed E-state index contributed by atoms with van der Waals surface area (Å²) in [6.45, 7) is 2.40. The molecule has 29 heavy (non-hydrogen) atoms. The average molecular weight is 473 g/mol. The van der Waals surface area contributed by atoms with Crippen molar-refractivity contribution in [2.45, 2.75) is 19.4 Å². The first-order valence-corrected chi connectivity index (χ1v) is 11.1. The van der Waals surface area contributed by atoms with Crippen LogP contribution in [0.5, 0.6) is 11.5 Å². The zero-order valence-corrected chi connectivity index (χ0v) is 18.5. The molecule has 0 aliphatic carbocycles. The van der Waals surface area contributed by atoms with Gasteiger partial charge in [-0.2, -0.15) is 4.99 Å². The summed E-state index contributed by atoms with van der Waals surface area (Å²) in [5.74, 6) is 1.12. The summed E-state index contributed by atoms with van der Waals surface area (Å²) in [6.07, 6.45) is 4.18. The van der Waals surface area contributed by atoms with Gasteiger partial charge in [-0.25, -0.2) is 0 Å². The van der Waals surface area contributed by atoms with Gasteiger partial charge in [0.2, 0.25) is 0 Å². The van der Waals surface area contributed by atoms with Crippen LogP contribution in [-0.2, 0) is 11.4 Å². The molecule has 1 fully saturated rings. The lowest BCUT2D eigenvalue weighted by molar-refractivity contribution is -0.113. The molecule has 4 rings (SSSR count). The Bertz CT molecular complexity index is 967. The van der Waals surface area contributed by atoms with Crippen molar-refractivity contribution in [3.8, 4) is 11.5 Å². The van der Waals surface area contributed by atoms with E-state index in [1.165, 1.54) is 11.8 Å². The Labute approximate surface area is 182 Å². The highest BCUT2D eigenvalue weighted by Crippen LogP contribution is 2.34. The van der Waals surface area contributed by atoms with Gasteiger partial charge < -0.3 is 14.4 Å². The zero-order chi connectivity index (χ0) is 20.2. The Kier molecular flexibility index (Phi) is 6.25. The summed E-state index contributed by atoms with van der Waals surface area (Å²) < 4.78 is 12.5. The second-order valence-electron chi connectivity index (χ2n) is 6.83. The van der Waals surface area contributed by atoms with Crippen LogP contribution in [0.2, 0.25) is 0 Å². The third kappa shape index (κ3) is 4.85. The van der Waals surface area contributed by atoms with E-state index in [2.05, 4.69) is 25.8 Å². The number of nitrogens with zero attached hydrogens (tertiary/aromatic N) is 2. The van der Waals surface area contributed by atoms with E-state index in [4.69, 9.17) is 9.47 Å². The second kappa shape index (κ2) is 9.05. The molecule has 7 heteroatoms. The van der Waals surface area contributed by atoms with Crippen LogP contribution < -0.4 is 9.47 Å². The van der Waals surface area contributed by atoms with Crippen LogP contribution in [0.1, 0.15) is 24.0 Å². The fourth-order valence-electron chi connectivity index (χ4n) is 3.23. The molecule has 2 heterocycles. The van der Waals surface area contributed by atoms with Crippen molar-refractivity contribution in [2.75, 3.05) is 20.2 Å². The van der Waals surface area contributed by atoms with Crippen molar-refractivity contribution in [1.82, 2.24) is 4.90 Å². The quantitative estimate of drug-likeness (QED) is 0.566. The van der Waals surface area contributed by atoms with E-state index in [1.54, 1.807) is 7.11 Å². The Balaban J connectivity index is 1.45. The molecule has 1 amide bonds. The van der Waals surface area contributed by atoms with Gasteiger partial charge in [0.25, 0.3) is 5.91 Å². The molecule has 0 bridgehead atoms. The number of rotatable bonds is 5. The molecule has 0 aromatic heterocycles. The number of hydrogen-bond acceptors (Lipinski definition) is 5. The molecule has 0 N–H and O–H groups in total. The number of carbonyl (C=O) groups is 1. The third-order valence-electron chi connectivity index (χ3n) is 4.78. The van der Waals surface area contributed by atoms with Crippen LogP contribution in [0, 0.1) is 0 Å². The molecule has 0 radical (unpaired) electrons. The van der Waals surface area contributed by atoms with Crippen molar-refractivity contribution >= 4 is 44.8 Å². The Hall–Kier alpha value is -2.25.